The molecule has 0 aliphatic carbocycles. The van der Waals surface area contributed by atoms with Gasteiger partial charge in [0.2, 0.25) is 5.91 Å². The van der Waals surface area contributed by atoms with Gasteiger partial charge in [-0.05, 0) is 53.6 Å². The van der Waals surface area contributed by atoms with Gasteiger partial charge in [-0.3, -0.25) is 4.79 Å². The average Bonchev–Trinajstić information content (AvgIpc) is 2.74. The van der Waals surface area contributed by atoms with Gasteiger partial charge in [0.25, 0.3) is 0 Å². The number of nitrogens with one attached hydrogen (secondary N) is 1. The molecule has 1 atom stereocenters. The summed E-state index contributed by atoms with van der Waals surface area (Å²) in [6.07, 6.45) is -4.41. The lowest BCUT2D eigenvalue weighted by molar-refractivity contribution is -0.137. The molecule has 0 spiro atoms. The van der Waals surface area contributed by atoms with Crippen molar-refractivity contribution >= 4 is 16.7 Å². The van der Waals surface area contributed by atoms with Gasteiger partial charge in [-0.1, -0.05) is 42.2 Å². The fraction of sp³-hybridized carbons (Fsp3) is 0.208. The van der Waals surface area contributed by atoms with Crippen molar-refractivity contribution in [2.24, 2.45) is 0 Å². The molecule has 154 valence electrons. The summed E-state index contributed by atoms with van der Waals surface area (Å²) in [7, 11) is 1.61. The maximum atomic E-state index is 12.7. The third kappa shape index (κ3) is 5.12. The second-order valence-corrected chi connectivity index (χ2v) is 6.79. The topological polar surface area (TPSA) is 38.3 Å². The Morgan fingerprint density at radius 3 is 2.53 bits per heavy atom. The van der Waals surface area contributed by atoms with E-state index in [9.17, 15) is 18.0 Å². The van der Waals surface area contributed by atoms with Crippen molar-refractivity contribution in [1.29, 1.82) is 0 Å². The summed E-state index contributed by atoms with van der Waals surface area (Å²) >= 11 is 0. The molecule has 0 radical (unpaired) electrons. The average molecular weight is 411 g/mol. The van der Waals surface area contributed by atoms with Gasteiger partial charge in [-0.2, -0.15) is 13.2 Å². The SMILES string of the molecule is COc1ccc2cc([C@H](C)C(=O)NCC#Cc3cccc(C(F)(F)F)c3)ccc2c1. The number of ether oxygens (including phenoxy) is 1. The minimum absolute atomic E-state index is 0.0458. The van der Waals surface area contributed by atoms with Gasteiger partial charge in [0, 0.05) is 5.56 Å². The highest BCUT2D eigenvalue weighted by Crippen LogP contribution is 2.29. The number of halogens is 3. The number of carbonyl (C=O) groups excluding carboxylic acids is 1. The number of fused-ring (bicyclic) bond motifs is 1. The van der Waals surface area contributed by atoms with Crippen LogP contribution in [0.5, 0.6) is 5.75 Å². The number of benzene rings is 3. The van der Waals surface area contributed by atoms with Gasteiger partial charge in [0.15, 0.2) is 0 Å². The predicted octanol–water partition coefficient (Wildman–Crippen LogP) is 5.14. The zero-order valence-electron chi connectivity index (χ0n) is 16.5. The summed E-state index contributed by atoms with van der Waals surface area (Å²) < 4.78 is 43.4. The zero-order chi connectivity index (χ0) is 21.7. The maximum Gasteiger partial charge on any atom is 0.416 e. The first-order chi connectivity index (χ1) is 14.3. The van der Waals surface area contributed by atoms with Crippen molar-refractivity contribution in [3.05, 3.63) is 77.4 Å². The van der Waals surface area contributed by atoms with Crippen LogP contribution in [0.25, 0.3) is 10.8 Å². The third-order valence-corrected chi connectivity index (χ3v) is 4.74. The minimum atomic E-state index is -4.41. The van der Waals surface area contributed by atoms with E-state index in [1.165, 1.54) is 12.1 Å². The Kier molecular flexibility index (Phi) is 6.31. The van der Waals surface area contributed by atoms with Crippen molar-refractivity contribution < 1.29 is 22.7 Å². The van der Waals surface area contributed by atoms with Crippen LogP contribution in [0.15, 0.2) is 60.7 Å². The van der Waals surface area contributed by atoms with Crippen LogP contribution in [0, 0.1) is 11.8 Å². The second-order valence-electron chi connectivity index (χ2n) is 6.79. The molecule has 0 aliphatic heterocycles. The summed E-state index contributed by atoms with van der Waals surface area (Å²) in [5.74, 6) is 5.51. The summed E-state index contributed by atoms with van der Waals surface area (Å²) in [5, 5.41) is 4.72. The Labute approximate surface area is 172 Å². The molecule has 0 unspecified atom stereocenters. The van der Waals surface area contributed by atoms with Gasteiger partial charge in [-0.15, -0.1) is 0 Å². The van der Waals surface area contributed by atoms with E-state index in [-0.39, 0.29) is 18.0 Å². The highest BCUT2D eigenvalue weighted by atomic mass is 19.4. The van der Waals surface area contributed by atoms with Crippen molar-refractivity contribution in [2.75, 3.05) is 13.7 Å². The summed E-state index contributed by atoms with van der Waals surface area (Å²) in [4.78, 5) is 12.4. The highest BCUT2D eigenvalue weighted by Gasteiger charge is 2.30. The van der Waals surface area contributed by atoms with E-state index in [1.54, 1.807) is 14.0 Å². The first kappa shape index (κ1) is 21.3. The van der Waals surface area contributed by atoms with Crippen LogP contribution in [0.1, 0.15) is 29.5 Å². The highest BCUT2D eigenvalue weighted by molar-refractivity contribution is 5.88. The molecule has 3 aromatic carbocycles. The molecule has 3 rings (SSSR count). The quantitative estimate of drug-likeness (QED) is 0.604. The number of alkyl halides is 3. The summed E-state index contributed by atoms with van der Waals surface area (Å²) in [6, 6.07) is 16.3. The molecule has 0 saturated carbocycles. The molecule has 3 nitrogen and oxygen atoms in total. The smallest absolute Gasteiger partial charge is 0.416 e. The van der Waals surface area contributed by atoms with Gasteiger partial charge in [0.05, 0.1) is 25.1 Å². The first-order valence-corrected chi connectivity index (χ1v) is 9.29. The van der Waals surface area contributed by atoms with Crippen LogP contribution < -0.4 is 10.1 Å². The second kappa shape index (κ2) is 8.91. The largest absolute Gasteiger partial charge is 0.497 e. The van der Waals surface area contributed by atoms with Gasteiger partial charge >= 0.3 is 6.18 Å². The predicted molar refractivity (Wildman–Crippen MR) is 110 cm³/mol. The van der Waals surface area contributed by atoms with Gasteiger partial charge in [-0.25, -0.2) is 0 Å². The molecule has 0 aliphatic rings. The van der Waals surface area contributed by atoms with Crippen LogP contribution in [-0.2, 0) is 11.0 Å². The van der Waals surface area contributed by atoms with E-state index in [0.29, 0.717) is 0 Å². The molecule has 1 amide bonds. The van der Waals surface area contributed by atoms with E-state index in [1.807, 2.05) is 36.4 Å². The van der Waals surface area contributed by atoms with Crippen molar-refractivity contribution in [3.63, 3.8) is 0 Å². The fourth-order valence-corrected chi connectivity index (χ4v) is 2.99. The number of rotatable bonds is 4. The van der Waals surface area contributed by atoms with Crippen LogP contribution in [-0.4, -0.2) is 19.6 Å². The van der Waals surface area contributed by atoms with Crippen LogP contribution in [0.3, 0.4) is 0 Å². The fourth-order valence-electron chi connectivity index (χ4n) is 2.99. The lowest BCUT2D eigenvalue weighted by atomic mass is 9.97. The zero-order valence-corrected chi connectivity index (χ0v) is 16.5. The monoisotopic (exact) mass is 411 g/mol. The molecule has 1 N–H and O–H groups in total. The minimum Gasteiger partial charge on any atom is -0.497 e. The van der Waals surface area contributed by atoms with Crippen molar-refractivity contribution in [3.8, 4) is 17.6 Å². The van der Waals surface area contributed by atoms with E-state index >= 15 is 0 Å². The molecule has 6 heteroatoms. The van der Waals surface area contributed by atoms with Crippen molar-refractivity contribution in [2.45, 2.75) is 19.0 Å². The molecule has 0 bridgehead atoms. The lowest BCUT2D eigenvalue weighted by Gasteiger charge is -2.12. The van der Waals surface area contributed by atoms with E-state index < -0.39 is 17.7 Å². The first-order valence-electron chi connectivity index (χ1n) is 9.29. The maximum absolute atomic E-state index is 12.7. The summed E-state index contributed by atoms with van der Waals surface area (Å²) in [5.41, 5.74) is 0.356. The Hall–Kier alpha value is -3.46. The molecule has 0 saturated heterocycles. The number of carbonyl (C=O) groups is 1. The Morgan fingerprint density at radius 2 is 1.80 bits per heavy atom. The number of amides is 1. The Bertz CT molecular complexity index is 1130. The number of hydrogen-bond acceptors (Lipinski definition) is 2. The van der Waals surface area contributed by atoms with Gasteiger partial charge in [0.1, 0.15) is 5.75 Å². The van der Waals surface area contributed by atoms with Gasteiger partial charge < -0.3 is 10.1 Å². The van der Waals surface area contributed by atoms with E-state index in [2.05, 4.69) is 17.2 Å². The molecule has 0 heterocycles. The standard InChI is InChI=1S/C24H20F3NO2/c1-16(18-8-9-20-15-22(30-2)11-10-19(20)14-18)23(29)28-12-4-6-17-5-3-7-21(13-17)24(25,26)27/h3,5,7-11,13-16H,12H2,1-2H3,(H,28,29)/t16-/m0/s1. The van der Waals surface area contributed by atoms with E-state index in [4.69, 9.17) is 4.74 Å². The third-order valence-electron chi connectivity index (χ3n) is 4.74. The van der Waals surface area contributed by atoms with E-state index in [0.717, 1.165) is 34.2 Å². The molecular formula is C24H20F3NO2. The normalized spacial score (nSPS) is 12.0. The van der Waals surface area contributed by atoms with Crippen LogP contribution in [0.2, 0.25) is 0 Å². The lowest BCUT2D eigenvalue weighted by Crippen LogP contribution is -2.28. The Balaban J connectivity index is 1.63. The van der Waals surface area contributed by atoms with Crippen LogP contribution in [0.4, 0.5) is 13.2 Å². The van der Waals surface area contributed by atoms with Crippen LogP contribution >= 0.6 is 0 Å². The number of methoxy groups -OCH3 is 1. The number of hydrogen-bond donors (Lipinski definition) is 1. The molecule has 30 heavy (non-hydrogen) atoms. The molecule has 0 fully saturated rings. The summed E-state index contributed by atoms with van der Waals surface area (Å²) in [6.45, 7) is 1.84. The molecule has 0 aromatic heterocycles. The van der Waals surface area contributed by atoms with Crippen molar-refractivity contribution in [1.82, 2.24) is 5.32 Å². The molecule has 3 aromatic rings. The Morgan fingerprint density at radius 1 is 1.07 bits per heavy atom. The molecular weight excluding hydrogens is 391 g/mol.